The Morgan fingerprint density at radius 2 is 2.16 bits per heavy atom. The largest absolute Gasteiger partial charge is 0.337 e. The molecule has 2 heterocycles. The molecule has 5 heteroatoms. The summed E-state index contributed by atoms with van der Waals surface area (Å²) < 4.78 is 5.35. The van der Waals surface area contributed by atoms with Crippen LogP contribution in [-0.2, 0) is 0 Å². The number of hydrogen-bond donors (Lipinski definition) is 1. The maximum atomic E-state index is 6.14. The molecule has 1 saturated carbocycles. The molecule has 102 valence electrons. The van der Waals surface area contributed by atoms with Crippen molar-refractivity contribution in [1.29, 1.82) is 0 Å². The summed E-state index contributed by atoms with van der Waals surface area (Å²) >= 11 is 1.62. The normalized spacial score (nSPS) is 25.4. The first-order valence-electron chi connectivity index (χ1n) is 6.86. The lowest BCUT2D eigenvalue weighted by Gasteiger charge is -2.23. The average Bonchev–Trinajstić information content (AvgIpc) is 3.10. The first kappa shape index (κ1) is 12.8. The number of hydrogen-bond acceptors (Lipinski definition) is 5. The van der Waals surface area contributed by atoms with E-state index >= 15 is 0 Å². The molecule has 0 radical (unpaired) electrons. The highest BCUT2D eigenvalue weighted by molar-refractivity contribution is 7.10. The smallest absolute Gasteiger partial charge is 0.248 e. The van der Waals surface area contributed by atoms with Gasteiger partial charge in [-0.15, -0.1) is 11.3 Å². The second-order valence-electron chi connectivity index (χ2n) is 5.44. The van der Waals surface area contributed by atoms with Crippen LogP contribution in [0.25, 0.3) is 0 Å². The highest BCUT2D eigenvalue weighted by Gasteiger charge is 2.25. The van der Waals surface area contributed by atoms with E-state index < -0.39 is 0 Å². The van der Waals surface area contributed by atoms with Gasteiger partial charge in [0.15, 0.2) is 5.82 Å². The van der Waals surface area contributed by atoms with Crippen LogP contribution in [-0.4, -0.2) is 10.1 Å². The quantitative estimate of drug-likeness (QED) is 0.933. The molecule has 0 aromatic carbocycles. The molecule has 1 atom stereocenters. The Bertz CT molecular complexity index is 515. The molecule has 0 saturated heterocycles. The van der Waals surface area contributed by atoms with Crippen molar-refractivity contribution >= 4 is 11.3 Å². The number of aromatic nitrogens is 2. The minimum absolute atomic E-state index is 0.288. The van der Waals surface area contributed by atoms with Gasteiger partial charge in [0.1, 0.15) is 6.04 Å². The van der Waals surface area contributed by atoms with Crippen LogP contribution in [0.2, 0.25) is 0 Å². The molecule has 0 bridgehead atoms. The summed E-state index contributed by atoms with van der Waals surface area (Å²) in [4.78, 5) is 5.58. The van der Waals surface area contributed by atoms with E-state index in [4.69, 9.17) is 10.3 Å². The second kappa shape index (κ2) is 5.43. The standard InChI is InChI=1S/C14H19N3OS/c1-9-4-6-10(7-5-9)13-16-14(18-17-13)12(15)11-3-2-8-19-11/h2-3,8-10,12H,4-7,15H2,1H3. The fourth-order valence-electron chi connectivity index (χ4n) is 2.65. The van der Waals surface area contributed by atoms with Crippen molar-refractivity contribution in [3.8, 4) is 0 Å². The van der Waals surface area contributed by atoms with Gasteiger partial charge in [0.05, 0.1) is 0 Å². The predicted octanol–water partition coefficient (Wildman–Crippen LogP) is 3.47. The minimum atomic E-state index is -0.288. The molecular weight excluding hydrogens is 258 g/mol. The predicted molar refractivity (Wildman–Crippen MR) is 75.0 cm³/mol. The third-order valence-electron chi connectivity index (χ3n) is 3.95. The summed E-state index contributed by atoms with van der Waals surface area (Å²) in [5, 5.41) is 6.14. The van der Waals surface area contributed by atoms with Crippen molar-refractivity contribution in [2.75, 3.05) is 0 Å². The molecule has 3 rings (SSSR count). The van der Waals surface area contributed by atoms with Gasteiger partial charge in [-0.2, -0.15) is 4.98 Å². The van der Waals surface area contributed by atoms with Crippen LogP contribution >= 0.6 is 11.3 Å². The summed E-state index contributed by atoms with van der Waals surface area (Å²) in [6.45, 7) is 2.31. The highest BCUT2D eigenvalue weighted by Crippen LogP contribution is 2.34. The zero-order valence-electron chi connectivity index (χ0n) is 11.1. The molecule has 2 aromatic rings. The molecule has 0 amide bonds. The molecular formula is C14H19N3OS. The van der Waals surface area contributed by atoms with Crippen molar-refractivity contribution in [3.63, 3.8) is 0 Å². The molecule has 1 aliphatic rings. The van der Waals surface area contributed by atoms with Gasteiger partial charge in [-0.3, -0.25) is 0 Å². The number of thiophene rings is 1. The number of nitrogens with two attached hydrogens (primary N) is 1. The van der Waals surface area contributed by atoms with Crippen LogP contribution in [0, 0.1) is 5.92 Å². The second-order valence-corrected chi connectivity index (χ2v) is 6.42. The van der Waals surface area contributed by atoms with Crippen molar-refractivity contribution in [2.24, 2.45) is 11.7 Å². The van der Waals surface area contributed by atoms with E-state index in [1.165, 1.54) is 12.8 Å². The average molecular weight is 277 g/mol. The zero-order valence-corrected chi connectivity index (χ0v) is 11.9. The molecule has 1 fully saturated rings. The van der Waals surface area contributed by atoms with Gasteiger partial charge >= 0.3 is 0 Å². The monoisotopic (exact) mass is 277 g/mol. The van der Waals surface area contributed by atoms with Gasteiger partial charge < -0.3 is 10.3 Å². The van der Waals surface area contributed by atoms with Crippen molar-refractivity contribution in [2.45, 2.75) is 44.6 Å². The van der Waals surface area contributed by atoms with Crippen LogP contribution in [0.5, 0.6) is 0 Å². The van der Waals surface area contributed by atoms with E-state index in [-0.39, 0.29) is 6.04 Å². The molecule has 2 N–H and O–H groups in total. The molecule has 0 aliphatic heterocycles. The van der Waals surface area contributed by atoms with Crippen LogP contribution in [0.4, 0.5) is 0 Å². The van der Waals surface area contributed by atoms with Crippen LogP contribution in [0.3, 0.4) is 0 Å². The molecule has 0 spiro atoms. The Hall–Kier alpha value is -1.20. The van der Waals surface area contributed by atoms with Gasteiger partial charge in [0.25, 0.3) is 0 Å². The molecule has 2 aromatic heterocycles. The minimum Gasteiger partial charge on any atom is -0.337 e. The van der Waals surface area contributed by atoms with Gasteiger partial charge in [-0.1, -0.05) is 31.0 Å². The zero-order chi connectivity index (χ0) is 13.2. The number of nitrogens with zero attached hydrogens (tertiary/aromatic N) is 2. The molecule has 1 aliphatic carbocycles. The summed E-state index contributed by atoms with van der Waals surface area (Å²) in [7, 11) is 0. The van der Waals surface area contributed by atoms with E-state index in [2.05, 4.69) is 17.1 Å². The lowest BCUT2D eigenvalue weighted by atomic mass is 9.83. The molecule has 1 unspecified atom stereocenters. The first-order chi connectivity index (χ1) is 9.24. The summed E-state index contributed by atoms with van der Waals surface area (Å²) in [6, 6.07) is 3.70. The Morgan fingerprint density at radius 1 is 1.37 bits per heavy atom. The SMILES string of the molecule is CC1CCC(c2noc(C(N)c3cccs3)n2)CC1. The Balaban J connectivity index is 1.73. The van der Waals surface area contributed by atoms with Gasteiger partial charge in [0.2, 0.25) is 5.89 Å². The van der Waals surface area contributed by atoms with Gasteiger partial charge in [0, 0.05) is 10.8 Å². The Labute approximate surface area is 117 Å². The lowest BCUT2D eigenvalue weighted by Crippen LogP contribution is -2.13. The van der Waals surface area contributed by atoms with Crippen molar-refractivity contribution < 1.29 is 4.52 Å². The Kier molecular flexibility index (Phi) is 3.66. The third-order valence-corrected chi connectivity index (χ3v) is 4.91. The summed E-state index contributed by atoms with van der Waals surface area (Å²) in [6.07, 6.45) is 4.83. The maximum Gasteiger partial charge on any atom is 0.248 e. The first-order valence-corrected chi connectivity index (χ1v) is 7.74. The summed E-state index contributed by atoms with van der Waals surface area (Å²) in [5.41, 5.74) is 6.14. The Morgan fingerprint density at radius 3 is 2.84 bits per heavy atom. The van der Waals surface area contributed by atoms with E-state index in [1.54, 1.807) is 11.3 Å². The van der Waals surface area contributed by atoms with Crippen LogP contribution in [0.1, 0.15) is 61.2 Å². The van der Waals surface area contributed by atoms with Crippen molar-refractivity contribution in [3.05, 3.63) is 34.1 Å². The topological polar surface area (TPSA) is 64.9 Å². The molecule has 4 nitrogen and oxygen atoms in total. The third kappa shape index (κ3) is 2.72. The van der Waals surface area contributed by atoms with Gasteiger partial charge in [-0.25, -0.2) is 0 Å². The highest BCUT2D eigenvalue weighted by atomic mass is 32.1. The van der Waals surface area contributed by atoms with Crippen LogP contribution in [0.15, 0.2) is 22.0 Å². The molecule has 19 heavy (non-hydrogen) atoms. The van der Waals surface area contributed by atoms with Crippen LogP contribution < -0.4 is 5.73 Å². The maximum absolute atomic E-state index is 6.14. The van der Waals surface area contributed by atoms with Crippen molar-refractivity contribution in [1.82, 2.24) is 10.1 Å². The van der Waals surface area contributed by atoms with Gasteiger partial charge in [-0.05, 0) is 30.2 Å². The summed E-state index contributed by atoms with van der Waals surface area (Å²) in [5.74, 6) is 2.66. The van der Waals surface area contributed by atoms with E-state index in [1.807, 2.05) is 17.5 Å². The fourth-order valence-corrected chi connectivity index (χ4v) is 3.37. The van der Waals surface area contributed by atoms with E-state index in [0.717, 1.165) is 29.5 Å². The fraction of sp³-hybridized carbons (Fsp3) is 0.571. The number of rotatable bonds is 3. The lowest BCUT2D eigenvalue weighted by molar-refractivity contribution is 0.322. The van der Waals surface area contributed by atoms with E-state index in [0.29, 0.717) is 11.8 Å². The van der Waals surface area contributed by atoms with E-state index in [9.17, 15) is 0 Å².